The van der Waals surface area contributed by atoms with Crippen molar-refractivity contribution in [1.29, 1.82) is 0 Å². The van der Waals surface area contributed by atoms with E-state index in [-0.39, 0.29) is 0 Å². The van der Waals surface area contributed by atoms with Crippen LogP contribution in [0.2, 0.25) is 0 Å². The molecule has 0 bridgehead atoms. The smallest absolute Gasteiger partial charge is 0.165 e. The van der Waals surface area contributed by atoms with Crippen LogP contribution in [-0.4, -0.2) is 29.1 Å². The lowest BCUT2D eigenvalue weighted by Gasteiger charge is -2.12. The highest BCUT2D eigenvalue weighted by molar-refractivity contribution is 5.47. The Morgan fingerprint density at radius 2 is 2.04 bits per heavy atom. The van der Waals surface area contributed by atoms with Crippen LogP contribution in [-0.2, 0) is 13.0 Å². The van der Waals surface area contributed by atoms with Gasteiger partial charge in [-0.25, -0.2) is 4.98 Å². The highest BCUT2D eigenvalue weighted by Gasteiger charge is 2.13. The first-order valence-electron chi connectivity index (χ1n) is 8.41. The molecule has 5 heteroatoms. The second-order valence-electron chi connectivity index (χ2n) is 5.92. The number of fused-ring (bicyclic) bond motifs is 2. The van der Waals surface area contributed by atoms with Gasteiger partial charge in [0.15, 0.2) is 11.5 Å². The van der Waals surface area contributed by atoms with Crippen LogP contribution in [0.25, 0.3) is 5.65 Å². The van der Waals surface area contributed by atoms with Crippen molar-refractivity contribution >= 4 is 5.65 Å². The third kappa shape index (κ3) is 3.21. The van der Waals surface area contributed by atoms with E-state index in [2.05, 4.69) is 27.0 Å². The van der Waals surface area contributed by atoms with Crippen LogP contribution in [0.15, 0.2) is 48.8 Å². The Balaban J connectivity index is 1.36. The van der Waals surface area contributed by atoms with Crippen molar-refractivity contribution in [3.05, 3.63) is 60.0 Å². The van der Waals surface area contributed by atoms with Crippen LogP contribution >= 0.6 is 0 Å². The summed E-state index contributed by atoms with van der Waals surface area (Å²) in [6.45, 7) is 3.07. The molecule has 0 amide bonds. The number of rotatable bonds is 5. The van der Waals surface area contributed by atoms with Gasteiger partial charge < -0.3 is 19.2 Å². The fourth-order valence-electron chi connectivity index (χ4n) is 2.94. The van der Waals surface area contributed by atoms with E-state index in [1.54, 1.807) is 0 Å². The molecule has 0 saturated carbocycles. The van der Waals surface area contributed by atoms with Crippen molar-refractivity contribution in [2.45, 2.75) is 19.4 Å². The van der Waals surface area contributed by atoms with E-state index in [1.165, 1.54) is 0 Å². The number of ether oxygens (including phenoxy) is 2. The summed E-state index contributed by atoms with van der Waals surface area (Å²) >= 11 is 0. The van der Waals surface area contributed by atoms with Gasteiger partial charge in [-0.05, 0) is 18.2 Å². The molecular formula is C19H21N3O2. The minimum absolute atomic E-state index is 0.714. The lowest BCUT2D eigenvalue weighted by molar-refractivity contribution is 0.296. The molecule has 1 aliphatic heterocycles. The van der Waals surface area contributed by atoms with E-state index in [0.29, 0.717) is 6.61 Å². The third-order valence-corrected chi connectivity index (χ3v) is 4.14. The zero-order chi connectivity index (χ0) is 16.2. The summed E-state index contributed by atoms with van der Waals surface area (Å²) < 4.78 is 13.6. The second-order valence-corrected chi connectivity index (χ2v) is 5.92. The maximum absolute atomic E-state index is 5.85. The molecule has 5 nitrogen and oxygen atoms in total. The predicted molar refractivity (Wildman–Crippen MR) is 92.7 cm³/mol. The van der Waals surface area contributed by atoms with Crippen LogP contribution in [0.1, 0.15) is 17.7 Å². The normalized spacial score (nSPS) is 13.8. The minimum atomic E-state index is 0.714. The van der Waals surface area contributed by atoms with Crippen LogP contribution in [0, 0.1) is 0 Å². The molecule has 0 radical (unpaired) electrons. The lowest BCUT2D eigenvalue weighted by atomic mass is 10.2. The summed E-state index contributed by atoms with van der Waals surface area (Å²) in [5.74, 6) is 1.74. The number of para-hydroxylation sites is 1. The fraction of sp³-hybridized carbons (Fsp3) is 0.316. The van der Waals surface area contributed by atoms with Gasteiger partial charge in [0.05, 0.1) is 18.9 Å². The first-order chi connectivity index (χ1) is 11.9. The number of hydrogen-bond donors (Lipinski definition) is 1. The topological polar surface area (TPSA) is 47.8 Å². The summed E-state index contributed by atoms with van der Waals surface area (Å²) in [5.41, 5.74) is 3.23. The highest BCUT2D eigenvalue weighted by Crippen LogP contribution is 2.33. The molecular weight excluding hydrogens is 302 g/mol. The third-order valence-electron chi connectivity index (χ3n) is 4.14. The molecule has 0 unspecified atom stereocenters. The predicted octanol–water partition coefficient (Wildman–Crippen LogP) is 2.83. The Kier molecular flexibility index (Phi) is 4.34. The maximum Gasteiger partial charge on any atom is 0.165 e. The van der Waals surface area contributed by atoms with Gasteiger partial charge in [0.25, 0.3) is 0 Å². The van der Waals surface area contributed by atoms with Crippen molar-refractivity contribution in [2.24, 2.45) is 0 Å². The van der Waals surface area contributed by atoms with Crippen molar-refractivity contribution in [2.75, 3.05) is 19.8 Å². The number of imidazole rings is 1. The largest absolute Gasteiger partial charge is 0.490 e. The maximum atomic E-state index is 5.85. The standard InChI is InChI=1S/C19H21N3O2/c1-2-10-22-14-16(21-18(22)7-1)8-9-20-13-15-5-3-6-17-19(15)24-12-4-11-23-17/h1-3,5-7,10,14,20H,4,8-9,11-13H2. The van der Waals surface area contributed by atoms with Crippen molar-refractivity contribution < 1.29 is 9.47 Å². The summed E-state index contributed by atoms with van der Waals surface area (Å²) in [6.07, 6.45) is 5.93. The number of hydrogen-bond acceptors (Lipinski definition) is 4. The molecule has 3 heterocycles. The lowest BCUT2D eigenvalue weighted by Crippen LogP contribution is -2.17. The Hall–Kier alpha value is -2.53. The molecule has 2 aromatic heterocycles. The van der Waals surface area contributed by atoms with Crippen LogP contribution < -0.4 is 14.8 Å². The zero-order valence-electron chi connectivity index (χ0n) is 13.6. The molecule has 124 valence electrons. The number of pyridine rings is 1. The SMILES string of the molecule is c1cc(CNCCc2cn3ccccc3n2)c2c(c1)OCCCO2. The average Bonchev–Trinajstić information content (AvgIpc) is 2.86. The molecule has 4 rings (SSSR count). The van der Waals surface area contributed by atoms with Gasteiger partial charge in [-0.1, -0.05) is 18.2 Å². The van der Waals surface area contributed by atoms with E-state index in [1.807, 2.05) is 36.5 Å². The van der Waals surface area contributed by atoms with Crippen molar-refractivity contribution in [3.8, 4) is 11.5 Å². The number of aromatic nitrogens is 2. The van der Waals surface area contributed by atoms with Gasteiger partial charge in [-0.3, -0.25) is 0 Å². The molecule has 0 fully saturated rings. The van der Waals surface area contributed by atoms with Gasteiger partial charge >= 0.3 is 0 Å². The molecule has 24 heavy (non-hydrogen) atoms. The van der Waals surface area contributed by atoms with Crippen LogP contribution in [0.3, 0.4) is 0 Å². The summed E-state index contributed by atoms with van der Waals surface area (Å²) in [5, 5.41) is 3.48. The molecule has 3 aromatic rings. The van der Waals surface area contributed by atoms with Crippen LogP contribution in [0.4, 0.5) is 0 Å². The Bertz CT molecular complexity index is 795. The van der Waals surface area contributed by atoms with Crippen LogP contribution in [0.5, 0.6) is 11.5 Å². The summed E-state index contributed by atoms with van der Waals surface area (Å²) in [7, 11) is 0. The molecule has 0 spiro atoms. The molecule has 1 N–H and O–H groups in total. The molecule has 1 aliphatic rings. The van der Waals surface area contributed by atoms with Crippen molar-refractivity contribution in [3.63, 3.8) is 0 Å². The average molecular weight is 323 g/mol. The molecule has 0 atom stereocenters. The minimum Gasteiger partial charge on any atom is -0.490 e. The number of benzene rings is 1. The van der Waals surface area contributed by atoms with E-state index >= 15 is 0 Å². The number of nitrogens with one attached hydrogen (secondary N) is 1. The second kappa shape index (κ2) is 6.93. The van der Waals surface area contributed by atoms with E-state index in [4.69, 9.17) is 9.47 Å². The molecule has 0 aliphatic carbocycles. The summed E-state index contributed by atoms with van der Waals surface area (Å²) in [6, 6.07) is 12.1. The number of nitrogens with zero attached hydrogens (tertiary/aromatic N) is 2. The monoisotopic (exact) mass is 323 g/mol. The highest BCUT2D eigenvalue weighted by atomic mass is 16.5. The first kappa shape index (κ1) is 15.0. The molecule has 1 aromatic carbocycles. The zero-order valence-corrected chi connectivity index (χ0v) is 13.6. The summed E-state index contributed by atoms with van der Waals surface area (Å²) in [4.78, 5) is 4.62. The fourth-order valence-corrected chi connectivity index (χ4v) is 2.94. The van der Waals surface area contributed by atoms with Crippen molar-refractivity contribution in [1.82, 2.24) is 14.7 Å². The van der Waals surface area contributed by atoms with Gasteiger partial charge in [-0.15, -0.1) is 0 Å². The van der Waals surface area contributed by atoms with E-state index in [0.717, 1.165) is 60.9 Å². The van der Waals surface area contributed by atoms with E-state index in [9.17, 15) is 0 Å². The van der Waals surface area contributed by atoms with Gasteiger partial charge in [0.2, 0.25) is 0 Å². The quantitative estimate of drug-likeness (QED) is 0.734. The van der Waals surface area contributed by atoms with Gasteiger partial charge in [0.1, 0.15) is 5.65 Å². The van der Waals surface area contributed by atoms with Gasteiger partial charge in [-0.2, -0.15) is 0 Å². The Morgan fingerprint density at radius 3 is 3.00 bits per heavy atom. The van der Waals surface area contributed by atoms with Gasteiger partial charge in [0, 0.05) is 43.9 Å². The first-order valence-corrected chi connectivity index (χ1v) is 8.41. The Labute approximate surface area is 141 Å². The molecule has 0 saturated heterocycles. The Morgan fingerprint density at radius 1 is 1.08 bits per heavy atom. The van der Waals surface area contributed by atoms with E-state index < -0.39 is 0 Å².